The Bertz CT molecular complexity index is 954. The molecule has 1 fully saturated rings. The van der Waals surface area contributed by atoms with Crippen molar-refractivity contribution in [1.29, 1.82) is 0 Å². The number of hydrogen-bond donors (Lipinski definition) is 2. The Balaban J connectivity index is 2.07. The van der Waals surface area contributed by atoms with Gasteiger partial charge >= 0.3 is 5.97 Å². The lowest BCUT2D eigenvalue weighted by molar-refractivity contribution is 0.0694. The van der Waals surface area contributed by atoms with Gasteiger partial charge in [-0.05, 0) is 18.1 Å². The Hall–Kier alpha value is -2.61. The van der Waals surface area contributed by atoms with Gasteiger partial charge in [0.25, 0.3) is 5.56 Å². The monoisotopic (exact) mass is 348 g/mol. The Labute approximate surface area is 141 Å². The summed E-state index contributed by atoms with van der Waals surface area (Å²) in [6, 6.07) is 1.36. The Kier molecular flexibility index (Phi) is 3.47. The van der Waals surface area contributed by atoms with E-state index in [1.807, 2.05) is 6.92 Å². The van der Waals surface area contributed by atoms with Crippen molar-refractivity contribution in [1.82, 2.24) is 4.40 Å². The van der Waals surface area contributed by atoms with Crippen molar-refractivity contribution >= 4 is 17.2 Å². The van der Waals surface area contributed by atoms with Gasteiger partial charge in [0.2, 0.25) is 0 Å². The van der Waals surface area contributed by atoms with Crippen LogP contribution in [0.5, 0.6) is 5.75 Å². The lowest BCUT2D eigenvalue weighted by atomic mass is 9.96. The third-order valence-electron chi connectivity index (χ3n) is 4.88. The van der Waals surface area contributed by atoms with Crippen LogP contribution in [0.2, 0.25) is 0 Å². The summed E-state index contributed by atoms with van der Waals surface area (Å²) >= 11 is 0. The number of halogens is 1. The van der Waals surface area contributed by atoms with Crippen molar-refractivity contribution in [3.05, 3.63) is 39.6 Å². The van der Waals surface area contributed by atoms with Crippen LogP contribution in [0.3, 0.4) is 0 Å². The highest BCUT2D eigenvalue weighted by Crippen LogP contribution is 2.42. The first-order valence-corrected chi connectivity index (χ1v) is 8.09. The minimum Gasteiger partial charge on any atom is -0.488 e. The molecule has 7 nitrogen and oxygen atoms in total. The number of β-amino-alcohol motifs (C(OH)–C–C–N with tert-alkyl or cyclic N) is 1. The maximum absolute atomic E-state index is 14.8. The first-order chi connectivity index (χ1) is 11.9. The number of hydrogen-bond acceptors (Lipinski definition) is 5. The zero-order chi connectivity index (χ0) is 17.9. The number of carboxylic acid groups (broad SMARTS) is 1. The van der Waals surface area contributed by atoms with Crippen molar-refractivity contribution in [2.75, 3.05) is 24.6 Å². The third kappa shape index (κ3) is 2.28. The number of carboxylic acids is 1. The molecule has 132 valence electrons. The molecule has 0 aromatic carbocycles. The number of aliphatic hydroxyl groups is 1. The number of aromatic nitrogens is 1. The standard InChI is InChI=1S/C17H17FN2O5/c1-8-7-25-15-13-10(8)4-11(17(23)24)16(22)20(13)6-12(18)14(15)19-3-2-9(21)5-19/h4,6,8-9,21H,2-3,5,7H2,1H3,(H,23,24)/t8-,9?/m1/s1. The number of ether oxygens (including phenoxy) is 1. The van der Waals surface area contributed by atoms with E-state index in [0.29, 0.717) is 24.0 Å². The molecule has 8 heteroatoms. The summed E-state index contributed by atoms with van der Waals surface area (Å²) in [7, 11) is 0. The van der Waals surface area contributed by atoms with Crippen molar-refractivity contribution < 1.29 is 24.1 Å². The zero-order valence-corrected chi connectivity index (χ0v) is 13.5. The minimum absolute atomic E-state index is 0.135. The maximum Gasteiger partial charge on any atom is 0.341 e. The van der Waals surface area contributed by atoms with E-state index >= 15 is 0 Å². The number of aliphatic hydroxyl groups excluding tert-OH is 1. The molecule has 0 saturated carbocycles. The predicted molar refractivity (Wildman–Crippen MR) is 87.3 cm³/mol. The molecule has 1 saturated heterocycles. The molecule has 2 N–H and O–H groups in total. The van der Waals surface area contributed by atoms with Crippen molar-refractivity contribution in [3.63, 3.8) is 0 Å². The number of carbonyl (C=O) groups is 1. The largest absolute Gasteiger partial charge is 0.488 e. The van der Waals surface area contributed by atoms with Crippen LogP contribution in [0.15, 0.2) is 17.1 Å². The summed E-state index contributed by atoms with van der Waals surface area (Å²) in [6.07, 6.45) is 0.998. The smallest absolute Gasteiger partial charge is 0.341 e. The molecule has 2 aromatic rings. The summed E-state index contributed by atoms with van der Waals surface area (Å²) in [6.45, 7) is 2.88. The van der Waals surface area contributed by atoms with E-state index in [0.717, 1.165) is 10.6 Å². The van der Waals surface area contributed by atoms with E-state index in [9.17, 15) is 24.2 Å². The molecule has 0 bridgehead atoms. The van der Waals surface area contributed by atoms with Crippen LogP contribution in [0.1, 0.15) is 35.2 Å². The molecule has 2 aliphatic heterocycles. The second kappa shape index (κ2) is 5.45. The van der Waals surface area contributed by atoms with Crippen LogP contribution >= 0.6 is 0 Å². The van der Waals surface area contributed by atoms with E-state index < -0.39 is 29.0 Å². The molecule has 0 spiro atoms. The van der Waals surface area contributed by atoms with E-state index in [-0.39, 0.29) is 30.5 Å². The normalized spacial score (nSPS) is 22.3. The second-order valence-electron chi connectivity index (χ2n) is 6.60. The number of nitrogens with zero attached hydrogens (tertiary/aromatic N) is 2. The lowest BCUT2D eigenvalue weighted by Gasteiger charge is -2.29. The average molecular weight is 348 g/mol. The molecule has 0 aliphatic carbocycles. The van der Waals surface area contributed by atoms with Crippen LogP contribution in [0.4, 0.5) is 10.1 Å². The quantitative estimate of drug-likeness (QED) is 0.848. The van der Waals surface area contributed by atoms with E-state index in [1.54, 1.807) is 4.90 Å². The van der Waals surface area contributed by atoms with Crippen LogP contribution in [-0.2, 0) is 0 Å². The SMILES string of the molecule is C[C@@H]1COc2c(N3CCC(O)C3)c(F)cn3c(=O)c(C(=O)O)cc1c23. The molecular formula is C17H17FN2O5. The Morgan fingerprint density at radius 1 is 1.44 bits per heavy atom. The van der Waals surface area contributed by atoms with Crippen LogP contribution in [0, 0.1) is 5.82 Å². The molecule has 2 atom stereocenters. The van der Waals surface area contributed by atoms with Gasteiger partial charge in [-0.1, -0.05) is 6.92 Å². The van der Waals surface area contributed by atoms with Crippen molar-refractivity contribution in [2.24, 2.45) is 0 Å². The Morgan fingerprint density at radius 3 is 2.84 bits per heavy atom. The topological polar surface area (TPSA) is 91.5 Å². The highest BCUT2D eigenvalue weighted by molar-refractivity contribution is 5.90. The molecule has 4 rings (SSSR count). The molecule has 1 unspecified atom stereocenters. The van der Waals surface area contributed by atoms with Gasteiger partial charge in [0, 0.05) is 19.0 Å². The van der Waals surface area contributed by atoms with Gasteiger partial charge in [0.15, 0.2) is 11.6 Å². The van der Waals surface area contributed by atoms with Crippen LogP contribution < -0.4 is 15.2 Å². The number of pyridine rings is 2. The summed E-state index contributed by atoms with van der Waals surface area (Å²) in [5.74, 6) is -1.93. The fourth-order valence-corrected chi connectivity index (χ4v) is 3.62. The Morgan fingerprint density at radius 2 is 2.20 bits per heavy atom. The van der Waals surface area contributed by atoms with Gasteiger partial charge in [-0.25, -0.2) is 9.18 Å². The maximum atomic E-state index is 14.8. The highest BCUT2D eigenvalue weighted by atomic mass is 19.1. The van der Waals surface area contributed by atoms with Gasteiger partial charge < -0.3 is 19.8 Å². The molecule has 0 radical (unpaired) electrons. The van der Waals surface area contributed by atoms with Gasteiger partial charge in [-0.15, -0.1) is 0 Å². The summed E-state index contributed by atoms with van der Waals surface area (Å²) in [4.78, 5) is 25.5. The number of aromatic carboxylic acids is 1. The lowest BCUT2D eigenvalue weighted by Crippen LogP contribution is -2.30. The minimum atomic E-state index is -1.34. The summed E-state index contributed by atoms with van der Waals surface area (Å²) in [5, 5.41) is 19.0. The molecular weight excluding hydrogens is 331 g/mol. The highest BCUT2D eigenvalue weighted by Gasteiger charge is 2.32. The molecule has 2 aromatic heterocycles. The van der Waals surface area contributed by atoms with E-state index in [1.165, 1.54) is 6.07 Å². The molecule has 0 amide bonds. The zero-order valence-electron chi connectivity index (χ0n) is 13.5. The van der Waals surface area contributed by atoms with Gasteiger partial charge in [-0.2, -0.15) is 0 Å². The molecule has 4 heterocycles. The van der Waals surface area contributed by atoms with Gasteiger partial charge in [-0.3, -0.25) is 9.20 Å². The number of rotatable bonds is 2. The summed E-state index contributed by atoms with van der Waals surface area (Å²) in [5.41, 5.74) is 0.0611. The average Bonchev–Trinajstić information content (AvgIpc) is 2.98. The predicted octanol–water partition coefficient (Wildman–Crippen LogP) is 1.20. The van der Waals surface area contributed by atoms with Crippen molar-refractivity contribution in [2.45, 2.75) is 25.4 Å². The first kappa shape index (κ1) is 15.9. The van der Waals surface area contributed by atoms with Crippen LogP contribution in [0.25, 0.3) is 5.52 Å². The van der Waals surface area contributed by atoms with Gasteiger partial charge in [0.1, 0.15) is 11.3 Å². The first-order valence-electron chi connectivity index (χ1n) is 8.09. The van der Waals surface area contributed by atoms with Crippen molar-refractivity contribution in [3.8, 4) is 5.75 Å². The van der Waals surface area contributed by atoms with E-state index in [2.05, 4.69) is 0 Å². The third-order valence-corrected chi connectivity index (χ3v) is 4.88. The fraction of sp³-hybridized carbons (Fsp3) is 0.412. The van der Waals surface area contributed by atoms with Gasteiger partial charge in [0.05, 0.1) is 24.4 Å². The molecule has 2 aliphatic rings. The fourth-order valence-electron chi connectivity index (χ4n) is 3.62. The summed E-state index contributed by atoms with van der Waals surface area (Å²) < 4.78 is 21.6. The van der Waals surface area contributed by atoms with E-state index in [4.69, 9.17) is 4.74 Å². The molecule has 25 heavy (non-hydrogen) atoms. The second-order valence-corrected chi connectivity index (χ2v) is 6.60. The van der Waals surface area contributed by atoms with Crippen LogP contribution in [-0.4, -0.2) is 46.4 Å². The number of anilines is 1.